The van der Waals surface area contributed by atoms with Crippen LogP contribution in [0, 0.1) is 0 Å². The first-order chi connectivity index (χ1) is 17.1. The van der Waals surface area contributed by atoms with Crippen LogP contribution in [0.1, 0.15) is 88.8 Å². The highest BCUT2D eigenvalue weighted by molar-refractivity contribution is 5.98. The Bertz CT molecular complexity index is 1090. The van der Waals surface area contributed by atoms with Crippen molar-refractivity contribution in [2.75, 3.05) is 19.8 Å². The Morgan fingerprint density at radius 3 is 2.47 bits per heavy atom. The summed E-state index contributed by atoms with van der Waals surface area (Å²) in [5, 5.41) is 0. The zero-order valence-electron chi connectivity index (χ0n) is 22.0. The van der Waals surface area contributed by atoms with Crippen LogP contribution in [0.2, 0.25) is 0 Å². The zero-order valence-corrected chi connectivity index (χ0v) is 20.0. The number of aliphatic imine (C=N–C) groups is 1. The summed E-state index contributed by atoms with van der Waals surface area (Å²) in [5.41, 5.74) is 2.91. The zero-order chi connectivity index (χ0) is 25.9. The number of rotatable bonds is 8. The van der Waals surface area contributed by atoms with Crippen LogP contribution in [0.3, 0.4) is 0 Å². The second kappa shape index (κ2) is 10.9. The molecule has 2 fully saturated rings. The Morgan fingerprint density at radius 2 is 1.82 bits per heavy atom. The van der Waals surface area contributed by atoms with Crippen molar-refractivity contribution in [1.82, 2.24) is 4.90 Å². The van der Waals surface area contributed by atoms with Gasteiger partial charge in [0.05, 0.1) is 5.56 Å². The molecule has 0 atom stereocenters. The number of ether oxygens (including phenoxy) is 1. The minimum Gasteiger partial charge on any atom is -0.471 e. The number of halogens is 3. The summed E-state index contributed by atoms with van der Waals surface area (Å²) in [5.74, 6) is 0.110. The van der Waals surface area contributed by atoms with E-state index >= 15 is 0 Å². The maximum Gasteiger partial charge on any atom is 0.416 e. The molecule has 2 aromatic carbocycles. The van der Waals surface area contributed by atoms with E-state index in [9.17, 15) is 13.2 Å². The lowest BCUT2D eigenvalue weighted by Crippen LogP contribution is -2.36. The van der Waals surface area contributed by atoms with Crippen molar-refractivity contribution < 1.29 is 20.6 Å². The van der Waals surface area contributed by atoms with Crippen molar-refractivity contribution in [3.63, 3.8) is 0 Å². The molecule has 0 aromatic heterocycles. The van der Waals surface area contributed by atoms with Gasteiger partial charge in [-0.15, -0.1) is 0 Å². The lowest BCUT2D eigenvalue weighted by atomic mass is 9.82. The Morgan fingerprint density at radius 1 is 1.06 bits per heavy atom. The third-order valence-corrected chi connectivity index (χ3v) is 6.95. The first-order valence-electron chi connectivity index (χ1n) is 13.3. The fraction of sp³-hybridized carbons (Fsp3) is 0.536. The summed E-state index contributed by atoms with van der Waals surface area (Å²) < 4.78 is 64.1. The van der Waals surface area contributed by atoms with E-state index in [1.807, 2.05) is 36.9 Å². The molecule has 0 N–H and O–H groups in total. The molecule has 1 heterocycles. The fourth-order valence-corrected chi connectivity index (χ4v) is 4.75. The van der Waals surface area contributed by atoms with Gasteiger partial charge in [0.1, 0.15) is 5.75 Å². The fourth-order valence-electron chi connectivity index (χ4n) is 4.75. The quantitative estimate of drug-likeness (QED) is 0.373. The van der Waals surface area contributed by atoms with Crippen LogP contribution >= 0.6 is 0 Å². The molecule has 0 amide bonds. The SMILES string of the molecule is [2H]C([2H])(c1ccc(C(C)=NCOc2ccc(C3CCCCC3)c(C(F)(F)F)c2)cc1CC)N1CCC1. The van der Waals surface area contributed by atoms with Gasteiger partial charge >= 0.3 is 6.18 Å². The predicted molar refractivity (Wildman–Crippen MR) is 131 cm³/mol. The maximum atomic E-state index is 13.8. The Balaban J connectivity index is 1.47. The average Bonchev–Trinajstić information content (AvgIpc) is 2.82. The predicted octanol–water partition coefficient (Wildman–Crippen LogP) is 7.37. The van der Waals surface area contributed by atoms with Gasteiger partial charge in [-0.05, 0) is 92.1 Å². The van der Waals surface area contributed by atoms with E-state index in [1.54, 1.807) is 12.1 Å². The normalized spacial score (nSPS) is 19.4. The number of benzene rings is 2. The second-order valence-corrected chi connectivity index (χ2v) is 9.28. The Kier molecular flexibility index (Phi) is 7.12. The van der Waals surface area contributed by atoms with Crippen LogP contribution in [-0.2, 0) is 19.1 Å². The highest BCUT2D eigenvalue weighted by Crippen LogP contribution is 2.42. The molecule has 0 unspecified atom stereocenters. The van der Waals surface area contributed by atoms with Crippen LogP contribution in [0.5, 0.6) is 5.75 Å². The van der Waals surface area contributed by atoms with E-state index in [2.05, 4.69) is 4.99 Å². The standard InChI is InChI=1S/C28H35F3N2O/c1-3-21-16-23(10-11-24(21)18-33-14-7-15-33)20(2)32-19-34-25-12-13-26(22-8-5-4-6-9-22)27(17-25)28(29,30)31/h10-13,16-17,22H,3-9,14-15,18-19H2,1-2H3/i18D2. The van der Waals surface area contributed by atoms with E-state index in [-0.39, 0.29) is 18.4 Å². The summed E-state index contributed by atoms with van der Waals surface area (Å²) in [6.45, 7) is 3.75. The number of hydrogen-bond acceptors (Lipinski definition) is 3. The van der Waals surface area contributed by atoms with Crippen molar-refractivity contribution in [2.24, 2.45) is 4.99 Å². The van der Waals surface area contributed by atoms with Gasteiger partial charge in [-0.25, -0.2) is 0 Å². The highest BCUT2D eigenvalue weighted by Gasteiger charge is 2.36. The molecule has 1 aliphatic carbocycles. The molecular formula is C28H35F3N2O. The molecule has 2 aliphatic rings. The molecule has 6 heteroatoms. The molecule has 2 aromatic rings. The summed E-state index contributed by atoms with van der Waals surface area (Å²) in [6.07, 6.45) is 1.90. The minimum atomic E-state index is -4.43. The third kappa shape index (κ3) is 6.01. The molecule has 184 valence electrons. The van der Waals surface area contributed by atoms with Gasteiger partial charge in [-0.1, -0.05) is 44.4 Å². The topological polar surface area (TPSA) is 24.8 Å². The van der Waals surface area contributed by atoms with E-state index in [0.717, 1.165) is 68.8 Å². The average molecular weight is 475 g/mol. The van der Waals surface area contributed by atoms with Gasteiger partial charge in [0.15, 0.2) is 6.73 Å². The summed E-state index contributed by atoms with van der Waals surface area (Å²) >= 11 is 0. The summed E-state index contributed by atoms with van der Waals surface area (Å²) in [6, 6.07) is 9.93. The molecule has 0 radical (unpaired) electrons. The van der Waals surface area contributed by atoms with Gasteiger partial charge in [0.2, 0.25) is 0 Å². The minimum absolute atomic E-state index is 0.0484. The van der Waals surface area contributed by atoms with Crippen molar-refractivity contribution in [3.05, 3.63) is 64.2 Å². The smallest absolute Gasteiger partial charge is 0.416 e. The lowest BCUT2D eigenvalue weighted by molar-refractivity contribution is -0.138. The molecule has 4 rings (SSSR count). The molecule has 0 spiro atoms. The van der Waals surface area contributed by atoms with Crippen molar-refractivity contribution in [3.8, 4) is 5.75 Å². The third-order valence-electron chi connectivity index (χ3n) is 6.95. The van der Waals surface area contributed by atoms with E-state index in [4.69, 9.17) is 7.48 Å². The largest absolute Gasteiger partial charge is 0.471 e. The molecule has 0 bridgehead atoms. The van der Waals surface area contributed by atoms with E-state index in [0.29, 0.717) is 23.3 Å². The number of nitrogens with zero attached hydrogens (tertiary/aromatic N) is 2. The highest BCUT2D eigenvalue weighted by atomic mass is 19.4. The van der Waals surface area contributed by atoms with E-state index in [1.165, 1.54) is 0 Å². The van der Waals surface area contributed by atoms with E-state index < -0.39 is 18.2 Å². The monoisotopic (exact) mass is 474 g/mol. The van der Waals surface area contributed by atoms with Crippen LogP contribution < -0.4 is 4.74 Å². The first kappa shape index (κ1) is 22.1. The molecule has 3 nitrogen and oxygen atoms in total. The summed E-state index contributed by atoms with van der Waals surface area (Å²) in [4.78, 5) is 6.27. The maximum absolute atomic E-state index is 13.8. The first-order valence-corrected chi connectivity index (χ1v) is 12.3. The number of hydrogen-bond donors (Lipinski definition) is 0. The number of alkyl halides is 3. The van der Waals surface area contributed by atoms with Crippen molar-refractivity contribution in [2.45, 2.75) is 77.4 Å². The second-order valence-electron chi connectivity index (χ2n) is 9.28. The number of likely N-dealkylation sites (tertiary alicyclic amines) is 1. The van der Waals surface area contributed by atoms with Crippen molar-refractivity contribution in [1.29, 1.82) is 0 Å². The van der Waals surface area contributed by atoms with Crippen LogP contribution in [0.25, 0.3) is 0 Å². The Labute approximate surface area is 203 Å². The van der Waals surface area contributed by atoms with Gasteiger partial charge in [0.25, 0.3) is 0 Å². The molecule has 34 heavy (non-hydrogen) atoms. The number of aryl methyl sites for hydroxylation is 1. The molecule has 1 saturated carbocycles. The lowest BCUT2D eigenvalue weighted by Gasteiger charge is -2.31. The Hall–Kier alpha value is -2.34. The molecular weight excluding hydrogens is 437 g/mol. The van der Waals surface area contributed by atoms with Crippen LogP contribution in [-0.4, -0.2) is 30.4 Å². The molecule has 1 aliphatic heterocycles. The molecule has 1 saturated heterocycles. The van der Waals surface area contributed by atoms with Crippen LogP contribution in [0.4, 0.5) is 13.2 Å². The van der Waals surface area contributed by atoms with Gasteiger partial charge in [0, 0.05) is 15.0 Å². The summed E-state index contributed by atoms with van der Waals surface area (Å²) in [7, 11) is 0. The van der Waals surface area contributed by atoms with Gasteiger partial charge < -0.3 is 4.74 Å². The van der Waals surface area contributed by atoms with Crippen LogP contribution in [0.15, 0.2) is 41.4 Å². The van der Waals surface area contributed by atoms with Gasteiger partial charge in [-0.2, -0.15) is 13.2 Å². The van der Waals surface area contributed by atoms with Crippen molar-refractivity contribution >= 4 is 5.71 Å². The van der Waals surface area contributed by atoms with Gasteiger partial charge in [-0.3, -0.25) is 9.89 Å².